The third-order valence-corrected chi connectivity index (χ3v) is 3.84. The van der Waals surface area contributed by atoms with Gasteiger partial charge in [0.15, 0.2) is 5.78 Å². The third-order valence-electron chi connectivity index (χ3n) is 3.84. The summed E-state index contributed by atoms with van der Waals surface area (Å²) in [4.78, 5) is 12.6. The molecule has 0 radical (unpaired) electrons. The molecule has 7 heteroatoms. The Morgan fingerprint density at radius 3 is 1.39 bits per heavy atom. The lowest BCUT2D eigenvalue weighted by Crippen LogP contribution is -2.22. The largest absolute Gasteiger partial charge is 0.491 e. The Morgan fingerprint density at radius 2 is 1.07 bits per heavy atom. The van der Waals surface area contributed by atoms with E-state index < -0.39 is 12.2 Å². The van der Waals surface area contributed by atoms with E-state index in [9.17, 15) is 15.0 Å². The van der Waals surface area contributed by atoms with E-state index in [0.717, 1.165) is 0 Å². The molecule has 28 heavy (non-hydrogen) atoms. The number of aliphatic hydroxyl groups is 2. The molecule has 0 saturated carbocycles. The van der Waals surface area contributed by atoms with Crippen LogP contribution >= 0.6 is 0 Å². The van der Waals surface area contributed by atoms with Gasteiger partial charge in [0.25, 0.3) is 0 Å². The zero-order valence-electron chi connectivity index (χ0n) is 16.0. The number of benzene rings is 2. The van der Waals surface area contributed by atoms with Crippen molar-refractivity contribution < 1.29 is 34.0 Å². The molecule has 7 nitrogen and oxygen atoms in total. The molecule has 0 aliphatic carbocycles. The molecule has 0 aliphatic rings. The van der Waals surface area contributed by atoms with Gasteiger partial charge in [-0.05, 0) is 48.5 Å². The summed E-state index contributed by atoms with van der Waals surface area (Å²) in [6, 6.07) is 13.4. The highest BCUT2D eigenvalue weighted by Gasteiger charge is 2.11. The van der Waals surface area contributed by atoms with Crippen LogP contribution in [0.25, 0.3) is 0 Å². The molecule has 0 fully saturated rings. The number of rotatable bonds is 12. The number of carbonyl (C=O) groups is 1. The second-order valence-corrected chi connectivity index (χ2v) is 6.22. The second kappa shape index (κ2) is 11.4. The van der Waals surface area contributed by atoms with Crippen molar-refractivity contribution in [2.24, 2.45) is 0 Å². The molecular formula is C21H26O7. The number of hydrogen-bond donors (Lipinski definition) is 2. The van der Waals surface area contributed by atoms with Crippen LogP contribution in [0.2, 0.25) is 0 Å². The van der Waals surface area contributed by atoms with Gasteiger partial charge in [0.2, 0.25) is 0 Å². The van der Waals surface area contributed by atoms with E-state index in [1.807, 2.05) is 0 Å². The fraction of sp³-hybridized carbons (Fsp3) is 0.381. The lowest BCUT2D eigenvalue weighted by Gasteiger charge is -2.12. The minimum absolute atomic E-state index is 0.113. The maximum absolute atomic E-state index is 12.6. The molecule has 0 amide bonds. The van der Waals surface area contributed by atoms with Gasteiger partial charge in [0.1, 0.15) is 36.9 Å². The average molecular weight is 390 g/mol. The normalized spacial score (nSPS) is 13.0. The van der Waals surface area contributed by atoms with E-state index in [0.29, 0.717) is 22.6 Å². The van der Waals surface area contributed by atoms with Gasteiger partial charge in [-0.1, -0.05) is 0 Å². The molecule has 0 saturated heterocycles. The van der Waals surface area contributed by atoms with Gasteiger partial charge in [-0.3, -0.25) is 4.79 Å². The maximum Gasteiger partial charge on any atom is 0.193 e. The van der Waals surface area contributed by atoms with Crippen LogP contribution in [0, 0.1) is 0 Å². The smallest absolute Gasteiger partial charge is 0.193 e. The predicted molar refractivity (Wildman–Crippen MR) is 103 cm³/mol. The zero-order valence-corrected chi connectivity index (χ0v) is 16.0. The van der Waals surface area contributed by atoms with E-state index in [4.69, 9.17) is 18.9 Å². The molecule has 152 valence electrons. The van der Waals surface area contributed by atoms with Crippen molar-refractivity contribution in [3.8, 4) is 11.5 Å². The summed E-state index contributed by atoms with van der Waals surface area (Å²) in [5.74, 6) is 0.993. The predicted octanol–water partition coefficient (Wildman–Crippen LogP) is 1.69. The summed E-state index contributed by atoms with van der Waals surface area (Å²) in [5, 5.41) is 19.2. The first kappa shape index (κ1) is 21.8. The van der Waals surface area contributed by atoms with Crippen LogP contribution in [-0.2, 0) is 9.47 Å². The Balaban J connectivity index is 1.90. The topological polar surface area (TPSA) is 94.5 Å². The molecule has 2 atom stereocenters. The van der Waals surface area contributed by atoms with Gasteiger partial charge in [-0.15, -0.1) is 0 Å². The first-order chi connectivity index (χ1) is 13.5. The first-order valence-corrected chi connectivity index (χ1v) is 8.88. The molecule has 2 N–H and O–H groups in total. The van der Waals surface area contributed by atoms with E-state index >= 15 is 0 Å². The average Bonchev–Trinajstić information content (AvgIpc) is 2.71. The van der Waals surface area contributed by atoms with Gasteiger partial charge >= 0.3 is 0 Å². The molecule has 2 aromatic carbocycles. The molecule has 0 bridgehead atoms. The Kier molecular flexibility index (Phi) is 8.90. The first-order valence-electron chi connectivity index (χ1n) is 8.88. The quantitative estimate of drug-likeness (QED) is 0.533. The van der Waals surface area contributed by atoms with Gasteiger partial charge in [0.05, 0.1) is 13.2 Å². The SMILES string of the molecule is COCC(O)COc1ccc(C(=O)c2ccc(OCC(O)COC)cc2)cc1. The minimum atomic E-state index is -0.706. The van der Waals surface area contributed by atoms with Gasteiger partial charge in [-0.2, -0.15) is 0 Å². The van der Waals surface area contributed by atoms with Gasteiger partial charge in [0, 0.05) is 25.3 Å². The highest BCUT2D eigenvalue weighted by molar-refractivity contribution is 6.09. The van der Waals surface area contributed by atoms with E-state index in [2.05, 4.69) is 0 Å². The monoisotopic (exact) mass is 390 g/mol. The molecule has 0 heterocycles. The Labute approximate surface area is 164 Å². The number of ketones is 1. The van der Waals surface area contributed by atoms with Crippen LogP contribution in [-0.4, -0.2) is 68.9 Å². The number of aliphatic hydroxyl groups excluding tert-OH is 2. The van der Waals surface area contributed by atoms with Crippen LogP contribution in [0.3, 0.4) is 0 Å². The van der Waals surface area contributed by atoms with Crippen molar-refractivity contribution in [1.29, 1.82) is 0 Å². The van der Waals surface area contributed by atoms with Crippen molar-refractivity contribution in [2.45, 2.75) is 12.2 Å². The van der Waals surface area contributed by atoms with Crippen LogP contribution in [0.15, 0.2) is 48.5 Å². The number of methoxy groups -OCH3 is 2. The summed E-state index contributed by atoms with van der Waals surface area (Å²) in [5.41, 5.74) is 1.04. The van der Waals surface area contributed by atoms with Crippen LogP contribution < -0.4 is 9.47 Å². The fourth-order valence-electron chi connectivity index (χ4n) is 2.44. The van der Waals surface area contributed by atoms with Crippen LogP contribution in [0.4, 0.5) is 0 Å². The minimum Gasteiger partial charge on any atom is -0.491 e. The number of ether oxygens (including phenoxy) is 4. The summed E-state index contributed by atoms with van der Waals surface area (Å²) in [7, 11) is 3.01. The number of hydrogen-bond acceptors (Lipinski definition) is 7. The highest BCUT2D eigenvalue weighted by Crippen LogP contribution is 2.18. The molecule has 2 aromatic rings. The lowest BCUT2D eigenvalue weighted by molar-refractivity contribution is 0.0325. The maximum atomic E-state index is 12.6. The van der Waals surface area contributed by atoms with Crippen molar-refractivity contribution in [3.05, 3.63) is 59.7 Å². The summed E-state index contributed by atoms with van der Waals surface area (Å²) >= 11 is 0. The highest BCUT2D eigenvalue weighted by atomic mass is 16.5. The van der Waals surface area contributed by atoms with E-state index in [-0.39, 0.29) is 32.2 Å². The number of carbonyl (C=O) groups excluding carboxylic acids is 1. The molecule has 0 aliphatic heterocycles. The van der Waals surface area contributed by atoms with Gasteiger partial charge < -0.3 is 29.2 Å². The molecular weight excluding hydrogens is 364 g/mol. The summed E-state index contributed by atoms with van der Waals surface area (Å²) in [6.45, 7) is 0.618. The molecule has 0 spiro atoms. The van der Waals surface area contributed by atoms with Crippen molar-refractivity contribution in [1.82, 2.24) is 0 Å². The van der Waals surface area contributed by atoms with Crippen LogP contribution in [0.5, 0.6) is 11.5 Å². The van der Waals surface area contributed by atoms with Gasteiger partial charge in [-0.25, -0.2) is 0 Å². The summed E-state index contributed by atoms with van der Waals surface area (Å²) in [6.07, 6.45) is -1.41. The van der Waals surface area contributed by atoms with Crippen molar-refractivity contribution >= 4 is 5.78 Å². The summed E-state index contributed by atoms with van der Waals surface area (Å²) < 4.78 is 20.6. The fourth-order valence-corrected chi connectivity index (χ4v) is 2.44. The second-order valence-electron chi connectivity index (χ2n) is 6.22. The Bertz CT molecular complexity index is 651. The van der Waals surface area contributed by atoms with E-state index in [1.165, 1.54) is 14.2 Å². The van der Waals surface area contributed by atoms with E-state index in [1.54, 1.807) is 48.5 Å². The third kappa shape index (κ3) is 6.94. The Morgan fingerprint density at radius 1 is 0.714 bits per heavy atom. The lowest BCUT2D eigenvalue weighted by atomic mass is 10.0. The standard InChI is InChI=1S/C21H26O7/c1-25-11-17(22)13-27-19-7-3-15(4-8-19)21(24)16-5-9-20(10-6-16)28-14-18(23)12-26-2/h3-10,17-18,22-23H,11-14H2,1-2H3. The van der Waals surface area contributed by atoms with Crippen molar-refractivity contribution in [2.75, 3.05) is 40.6 Å². The van der Waals surface area contributed by atoms with Crippen molar-refractivity contribution in [3.63, 3.8) is 0 Å². The molecule has 2 unspecified atom stereocenters. The molecule has 2 rings (SSSR count). The van der Waals surface area contributed by atoms with Crippen LogP contribution in [0.1, 0.15) is 15.9 Å². The Hall–Kier alpha value is -2.45. The zero-order chi connectivity index (χ0) is 20.4. The molecule has 0 aromatic heterocycles.